The first kappa shape index (κ1) is 10.9. The Morgan fingerprint density at radius 3 is 2.86 bits per heavy atom. The summed E-state index contributed by atoms with van der Waals surface area (Å²) in [5.41, 5.74) is 0. The van der Waals surface area contributed by atoms with Crippen molar-refractivity contribution >= 4 is 5.97 Å². The van der Waals surface area contributed by atoms with Gasteiger partial charge in [0.2, 0.25) is 0 Å². The highest BCUT2D eigenvalue weighted by atomic mass is 16.6. The zero-order chi connectivity index (χ0) is 10.4. The van der Waals surface area contributed by atoms with E-state index in [1.807, 2.05) is 0 Å². The summed E-state index contributed by atoms with van der Waals surface area (Å²) in [5.74, 6) is -0.387. The molecule has 1 fully saturated rings. The number of esters is 1. The van der Waals surface area contributed by atoms with E-state index in [9.17, 15) is 4.79 Å². The lowest BCUT2D eigenvalue weighted by Gasteiger charge is -2.02. The minimum absolute atomic E-state index is 0.0488. The van der Waals surface area contributed by atoms with Gasteiger partial charge < -0.3 is 14.6 Å². The molecule has 1 unspecified atom stereocenters. The number of hydrogen-bond acceptors (Lipinski definition) is 4. The van der Waals surface area contributed by atoms with Gasteiger partial charge in [-0.15, -0.1) is 0 Å². The van der Waals surface area contributed by atoms with Gasteiger partial charge in [0.25, 0.3) is 0 Å². The van der Waals surface area contributed by atoms with E-state index in [4.69, 9.17) is 9.84 Å². The molecule has 0 aromatic carbocycles. The van der Waals surface area contributed by atoms with Crippen LogP contribution in [0.25, 0.3) is 0 Å². The molecule has 1 rings (SSSR count). The number of carbonyl (C=O) groups is 1. The third kappa shape index (κ3) is 3.72. The predicted octanol–water partition coefficient (Wildman–Crippen LogP) is 0.769. The van der Waals surface area contributed by atoms with Crippen LogP contribution in [-0.2, 0) is 14.3 Å². The highest BCUT2D eigenvalue weighted by Gasteiger charge is 2.20. The molecule has 4 heteroatoms. The van der Waals surface area contributed by atoms with Gasteiger partial charge >= 0.3 is 5.97 Å². The molecule has 0 aromatic rings. The van der Waals surface area contributed by atoms with Crippen molar-refractivity contribution < 1.29 is 19.4 Å². The van der Waals surface area contributed by atoms with Gasteiger partial charge in [-0.2, -0.15) is 0 Å². The molecule has 0 aromatic heterocycles. The lowest BCUT2D eigenvalue weighted by atomic mass is 10.2. The monoisotopic (exact) mass is 198 g/mol. The number of carbonyl (C=O) groups excluding carboxylic acids is 1. The second kappa shape index (κ2) is 5.57. The van der Waals surface area contributed by atoms with E-state index >= 15 is 0 Å². The molecule has 0 radical (unpaired) electrons. The fourth-order valence-electron chi connectivity index (χ4n) is 1.18. The Balaban J connectivity index is 2.27. The van der Waals surface area contributed by atoms with Crippen LogP contribution in [0.3, 0.4) is 0 Å². The molecule has 14 heavy (non-hydrogen) atoms. The van der Waals surface area contributed by atoms with E-state index in [1.54, 1.807) is 18.2 Å². The smallest absolute Gasteiger partial charge is 0.330 e. The largest absolute Gasteiger partial charge is 0.466 e. The maximum absolute atomic E-state index is 10.6. The number of aliphatic hydroxyl groups is 1. The number of hydrogen-bond donors (Lipinski definition) is 1. The quantitative estimate of drug-likeness (QED) is 0.413. The summed E-state index contributed by atoms with van der Waals surface area (Å²) in [6, 6.07) is 0. The highest BCUT2D eigenvalue weighted by molar-refractivity contribution is 5.82. The average Bonchev–Trinajstić information content (AvgIpc) is 2.58. The topological polar surface area (TPSA) is 55.8 Å². The Labute approximate surface area is 82.8 Å². The van der Waals surface area contributed by atoms with Crippen LogP contribution in [0.2, 0.25) is 0 Å². The number of methoxy groups -OCH3 is 1. The molecule has 1 aliphatic rings. The summed E-state index contributed by atoms with van der Waals surface area (Å²) in [6.07, 6.45) is 7.19. The zero-order valence-corrected chi connectivity index (χ0v) is 8.05. The Bertz CT molecular complexity index is 245. The van der Waals surface area contributed by atoms with Gasteiger partial charge in [0.1, 0.15) is 0 Å². The molecule has 4 nitrogen and oxygen atoms in total. The molecule has 0 saturated carbocycles. The van der Waals surface area contributed by atoms with Crippen molar-refractivity contribution in [3.63, 3.8) is 0 Å². The van der Waals surface area contributed by atoms with Crippen molar-refractivity contribution in [2.75, 3.05) is 7.11 Å². The number of ether oxygens (including phenoxy) is 2. The van der Waals surface area contributed by atoms with Gasteiger partial charge in [-0.1, -0.05) is 18.2 Å². The minimum Gasteiger partial charge on any atom is -0.466 e. The van der Waals surface area contributed by atoms with Gasteiger partial charge in [0.15, 0.2) is 6.29 Å². The van der Waals surface area contributed by atoms with Crippen LogP contribution in [0.15, 0.2) is 24.3 Å². The molecule has 0 spiro atoms. The van der Waals surface area contributed by atoms with Gasteiger partial charge in [-0.25, -0.2) is 4.79 Å². The SMILES string of the molecule is COC(=O)/C=C/C=C/[C@@H]1CCC(O)O1. The average molecular weight is 198 g/mol. The summed E-state index contributed by atoms with van der Waals surface area (Å²) in [6.45, 7) is 0. The summed E-state index contributed by atoms with van der Waals surface area (Å²) < 4.78 is 9.52. The third-order valence-electron chi connectivity index (χ3n) is 1.90. The van der Waals surface area contributed by atoms with E-state index in [0.717, 1.165) is 6.42 Å². The van der Waals surface area contributed by atoms with Crippen molar-refractivity contribution in [2.45, 2.75) is 25.2 Å². The standard InChI is InChI=1S/C10H14O4/c1-13-9(11)5-3-2-4-8-6-7-10(12)14-8/h2-5,8,10,12H,6-7H2,1H3/b4-2+,5-3+/t8-,10?/m1/s1. The van der Waals surface area contributed by atoms with Gasteiger partial charge in [0, 0.05) is 12.5 Å². The molecule has 2 atom stereocenters. The van der Waals surface area contributed by atoms with Gasteiger partial charge in [-0.05, 0) is 6.42 Å². The number of rotatable bonds is 3. The fourth-order valence-corrected chi connectivity index (χ4v) is 1.18. The molecular weight excluding hydrogens is 184 g/mol. The number of allylic oxidation sites excluding steroid dienone is 2. The summed E-state index contributed by atoms with van der Waals surface area (Å²) >= 11 is 0. The summed E-state index contributed by atoms with van der Waals surface area (Å²) in [5, 5.41) is 9.03. The molecule has 0 amide bonds. The normalized spacial score (nSPS) is 27.6. The predicted molar refractivity (Wildman–Crippen MR) is 50.4 cm³/mol. The van der Waals surface area contributed by atoms with Crippen LogP contribution in [0.1, 0.15) is 12.8 Å². The van der Waals surface area contributed by atoms with E-state index in [1.165, 1.54) is 13.2 Å². The molecule has 1 aliphatic heterocycles. The summed E-state index contributed by atoms with van der Waals surface area (Å²) in [7, 11) is 1.33. The number of aliphatic hydroxyl groups excluding tert-OH is 1. The first-order valence-corrected chi connectivity index (χ1v) is 4.48. The summed E-state index contributed by atoms with van der Waals surface area (Å²) in [4.78, 5) is 10.6. The van der Waals surface area contributed by atoms with Crippen LogP contribution < -0.4 is 0 Å². The van der Waals surface area contributed by atoms with Crippen LogP contribution >= 0.6 is 0 Å². The van der Waals surface area contributed by atoms with Crippen molar-refractivity contribution in [3.8, 4) is 0 Å². The zero-order valence-electron chi connectivity index (χ0n) is 8.05. The van der Waals surface area contributed by atoms with E-state index in [0.29, 0.717) is 6.42 Å². The molecule has 78 valence electrons. The molecule has 1 N–H and O–H groups in total. The van der Waals surface area contributed by atoms with Crippen molar-refractivity contribution in [3.05, 3.63) is 24.3 Å². The van der Waals surface area contributed by atoms with Crippen LogP contribution in [0, 0.1) is 0 Å². The van der Waals surface area contributed by atoms with Crippen molar-refractivity contribution in [1.29, 1.82) is 0 Å². The molecular formula is C10H14O4. The van der Waals surface area contributed by atoms with E-state index in [-0.39, 0.29) is 12.1 Å². The second-order valence-electron chi connectivity index (χ2n) is 2.97. The van der Waals surface area contributed by atoms with Crippen LogP contribution in [-0.4, -0.2) is 30.6 Å². The first-order chi connectivity index (χ1) is 6.72. The van der Waals surface area contributed by atoms with E-state index < -0.39 is 6.29 Å². The van der Waals surface area contributed by atoms with Crippen LogP contribution in [0.4, 0.5) is 0 Å². The lowest BCUT2D eigenvalue weighted by molar-refractivity contribution is -0.134. The third-order valence-corrected chi connectivity index (χ3v) is 1.90. The fraction of sp³-hybridized carbons (Fsp3) is 0.500. The Hall–Kier alpha value is -1.13. The first-order valence-electron chi connectivity index (χ1n) is 4.48. The molecule has 1 saturated heterocycles. The Morgan fingerprint density at radius 2 is 2.29 bits per heavy atom. The van der Waals surface area contributed by atoms with Crippen molar-refractivity contribution in [1.82, 2.24) is 0 Å². The Kier molecular flexibility index (Phi) is 4.35. The van der Waals surface area contributed by atoms with Crippen molar-refractivity contribution in [2.24, 2.45) is 0 Å². The maximum atomic E-state index is 10.6. The van der Waals surface area contributed by atoms with Crippen LogP contribution in [0.5, 0.6) is 0 Å². The maximum Gasteiger partial charge on any atom is 0.330 e. The van der Waals surface area contributed by atoms with Gasteiger partial charge in [0.05, 0.1) is 13.2 Å². The van der Waals surface area contributed by atoms with E-state index in [2.05, 4.69) is 4.74 Å². The molecule has 0 bridgehead atoms. The lowest BCUT2D eigenvalue weighted by Crippen LogP contribution is -2.06. The minimum atomic E-state index is -0.644. The second-order valence-corrected chi connectivity index (χ2v) is 2.97. The Morgan fingerprint density at radius 1 is 1.50 bits per heavy atom. The molecule has 1 heterocycles. The van der Waals surface area contributed by atoms with Gasteiger partial charge in [-0.3, -0.25) is 0 Å². The highest BCUT2D eigenvalue weighted by Crippen LogP contribution is 2.18. The molecule has 0 aliphatic carbocycles.